The van der Waals surface area contributed by atoms with Gasteiger partial charge < -0.3 is 37.5 Å². The summed E-state index contributed by atoms with van der Waals surface area (Å²) in [6.45, 7) is 17.2. The van der Waals surface area contributed by atoms with Crippen molar-refractivity contribution in [3.8, 4) is 0 Å². The Kier molecular flexibility index (Phi) is 17.8. The Bertz CT molecular complexity index is 668. The van der Waals surface area contributed by atoms with E-state index in [1.165, 1.54) is 13.8 Å². The molecule has 0 heterocycles. The van der Waals surface area contributed by atoms with Gasteiger partial charge in [-0.25, -0.2) is 14.4 Å². The molecule has 0 fully saturated rings. The van der Waals surface area contributed by atoms with Gasteiger partial charge in [-0.2, -0.15) is 0 Å². The van der Waals surface area contributed by atoms with Gasteiger partial charge in [-0.1, -0.05) is 13.2 Å². The lowest BCUT2D eigenvalue weighted by molar-refractivity contribution is -0.145. The lowest BCUT2D eigenvalue weighted by Gasteiger charge is -2.28. The second-order valence-corrected chi connectivity index (χ2v) is 10.1. The maximum absolute atomic E-state index is 12.3. The van der Waals surface area contributed by atoms with Crippen LogP contribution in [0, 0.1) is 0 Å². The van der Waals surface area contributed by atoms with Gasteiger partial charge in [0.05, 0.1) is 13.2 Å². The molecule has 0 radical (unpaired) electrons. The third-order valence-corrected chi connectivity index (χ3v) is 7.31. The van der Waals surface area contributed by atoms with Crippen molar-refractivity contribution in [1.29, 1.82) is 0 Å². The van der Waals surface area contributed by atoms with Crippen molar-refractivity contribution in [2.24, 2.45) is 0 Å². The van der Waals surface area contributed by atoms with Crippen molar-refractivity contribution >= 4 is 26.8 Å². The van der Waals surface area contributed by atoms with Crippen LogP contribution in [0.1, 0.15) is 41.0 Å². The van der Waals surface area contributed by atoms with Crippen LogP contribution in [0.4, 0.5) is 4.79 Å². The predicted molar refractivity (Wildman–Crippen MR) is 131 cm³/mol. The second kappa shape index (κ2) is 19.0. The standard InChI is InChI=1S/C23H41NO10Si/c1-8-31-35(32-9-2,33-10-3)15-11-12-24-23(27)34-20(17-30-22(26)19(6)7)16-28-13-14-29-21(25)18(4)5/h20H,4,6,8-17H2,1-3,5,7H3,(H,24,27). The van der Waals surface area contributed by atoms with E-state index in [9.17, 15) is 14.4 Å². The summed E-state index contributed by atoms with van der Waals surface area (Å²) in [5, 5.41) is 2.65. The molecule has 1 unspecified atom stereocenters. The van der Waals surface area contributed by atoms with Gasteiger partial charge >= 0.3 is 26.8 Å². The Hall–Kier alpha value is -2.25. The fourth-order valence-electron chi connectivity index (χ4n) is 2.63. The van der Waals surface area contributed by atoms with Crippen LogP contribution in [0.3, 0.4) is 0 Å². The van der Waals surface area contributed by atoms with Gasteiger partial charge in [0.1, 0.15) is 13.2 Å². The molecule has 0 spiro atoms. The first kappa shape index (κ1) is 32.7. The van der Waals surface area contributed by atoms with Crippen LogP contribution in [-0.4, -0.2) is 85.7 Å². The van der Waals surface area contributed by atoms with Gasteiger partial charge in [-0.05, 0) is 41.0 Å². The zero-order chi connectivity index (χ0) is 26.7. The minimum absolute atomic E-state index is 0.00129. The summed E-state index contributed by atoms with van der Waals surface area (Å²) in [5.41, 5.74) is 0.490. The van der Waals surface area contributed by atoms with E-state index in [0.717, 1.165) is 0 Å². The van der Waals surface area contributed by atoms with E-state index >= 15 is 0 Å². The normalized spacial score (nSPS) is 11.9. The second-order valence-electron chi connectivity index (χ2n) is 7.41. The Balaban J connectivity index is 4.66. The number of amides is 1. The van der Waals surface area contributed by atoms with Crippen molar-refractivity contribution in [1.82, 2.24) is 5.32 Å². The number of esters is 2. The number of nitrogens with one attached hydrogen (secondary N) is 1. The Morgan fingerprint density at radius 3 is 1.89 bits per heavy atom. The smallest absolute Gasteiger partial charge is 0.460 e. The lowest BCUT2D eigenvalue weighted by Crippen LogP contribution is -2.46. The Morgan fingerprint density at radius 2 is 1.37 bits per heavy atom. The van der Waals surface area contributed by atoms with Crippen LogP contribution < -0.4 is 5.32 Å². The van der Waals surface area contributed by atoms with E-state index in [-0.39, 0.29) is 37.6 Å². The number of hydrogen-bond donors (Lipinski definition) is 1. The highest BCUT2D eigenvalue weighted by Gasteiger charge is 2.39. The molecular formula is C23H41NO10Si. The molecule has 11 nitrogen and oxygen atoms in total. The summed E-state index contributed by atoms with van der Waals surface area (Å²) in [5.74, 6) is -1.14. The average Bonchev–Trinajstić information content (AvgIpc) is 2.79. The number of carbonyl (C=O) groups is 3. The van der Waals surface area contributed by atoms with Gasteiger partial charge in [0.15, 0.2) is 6.10 Å². The Labute approximate surface area is 209 Å². The van der Waals surface area contributed by atoms with Crippen molar-refractivity contribution in [2.45, 2.75) is 53.2 Å². The first-order chi connectivity index (χ1) is 16.6. The maximum Gasteiger partial charge on any atom is 0.500 e. The Morgan fingerprint density at radius 1 is 0.829 bits per heavy atom. The summed E-state index contributed by atoms with van der Waals surface area (Å²) in [6, 6.07) is 0.536. The molecule has 35 heavy (non-hydrogen) atoms. The highest BCUT2D eigenvalue weighted by atomic mass is 28.4. The molecule has 1 amide bonds. The van der Waals surface area contributed by atoms with Crippen LogP contribution in [0.15, 0.2) is 24.3 Å². The molecule has 0 saturated carbocycles. The van der Waals surface area contributed by atoms with Gasteiger partial charge in [0.2, 0.25) is 0 Å². The van der Waals surface area contributed by atoms with Crippen molar-refractivity contribution in [3.63, 3.8) is 0 Å². The SMILES string of the molecule is C=C(C)C(=O)OCCOCC(COC(=O)C(=C)C)OC(=O)NCCC[Si](OCC)(OCC)OCC. The highest BCUT2D eigenvalue weighted by Crippen LogP contribution is 2.17. The zero-order valence-electron chi connectivity index (χ0n) is 21.6. The van der Waals surface area contributed by atoms with Crippen LogP contribution in [0.5, 0.6) is 0 Å². The molecule has 12 heteroatoms. The van der Waals surface area contributed by atoms with E-state index < -0.39 is 32.9 Å². The lowest BCUT2D eigenvalue weighted by atomic mass is 10.3. The van der Waals surface area contributed by atoms with E-state index in [1.54, 1.807) is 0 Å². The van der Waals surface area contributed by atoms with Crippen LogP contribution >= 0.6 is 0 Å². The summed E-state index contributed by atoms with van der Waals surface area (Å²) < 4.78 is 38.1. The molecule has 202 valence electrons. The fraction of sp³-hybridized carbons (Fsp3) is 0.696. The summed E-state index contributed by atoms with van der Waals surface area (Å²) in [6.07, 6.45) is -1.02. The van der Waals surface area contributed by atoms with Crippen molar-refractivity contribution in [3.05, 3.63) is 24.3 Å². The minimum atomic E-state index is -2.80. The number of ether oxygens (including phenoxy) is 4. The van der Waals surface area contributed by atoms with Crippen molar-refractivity contribution < 1.29 is 46.6 Å². The van der Waals surface area contributed by atoms with E-state index in [4.69, 9.17) is 32.2 Å². The van der Waals surface area contributed by atoms with Gasteiger partial charge in [0.25, 0.3) is 0 Å². The van der Waals surface area contributed by atoms with Gasteiger partial charge in [0, 0.05) is 43.6 Å². The molecule has 0 aromatic heterocycles. The number of rotatable bonds is 20. The van der Waals surface area contributed by atoms with Gasteiger partial charge in [-0.3, -0.25) is 0 Å². The third-order valence-electron chi connectivity index (χ3n) is 4.16. The first-order valence-corrected chi connectivity index (χ1v) is 13.6. The number of alkyl carbamates (subject to hydrolysis) is 1. The largest absolute Gasteiger partial charge is 0.500 e. The van der Waals surface area contributed by atoms with E-state index in [0.29, 0.717) is 38.8 Å². The molecule has 0 bridgehead atoms. The molecule has 0 aliphatic carbocycles. The van der Waals surface area contributed by atoms with Crippen LogP contribution in [0.25, 0.3) is 0 Å². The average molecular weight is 520 g/mol. The molecule has 0 aliphatic rings. The molecule has 0 aromatic carbocycles. The summed E-state index contributed by atoms with van der Waals surface area (Å²) in [7, 11) is -2.80. The van der Waals surface area contributed by atoms with Crippen LogP contribution in [-0.2, 0) is 41.8 Å². The predicted octanol–water partition coefficient (Wildman–Crippen LogP) is 2.77. The monoisotopic (exact) mass is 519 g/mol. The summed E-state index contributed by atoms with van der Waals surface area (Å²) >= 11 is 0. The molecule has 0 aliphatic heterocycles. The molecule has 0 aromatic rings. The maximum atomic E-state index is 12.3. The minimum Gasteiger partial charge on any atom is -0.460 e. The molecule has 1 atom stereocenters. The third kappa shape index (κ3) is 15.4. The highest BCUT2D eigenvalue weighted by molar-refractivity contribution is 6.60. The fourth-order valence-corrected chi connectivity index (χ4v) is 5.24. The molecular weight excluding hydrogens is 478 g/mol. The van der Waals surface area contributed by atoms with E-state index in [2.05, 4.69) is 18.5 Å². The molecule has 0 rings (SSSR count). The number of hydrogen-bond acceptors (Lipinski definition) is 10. The quantitative estimate of drug-likeness (QED) is 0.0843. The molecule has 0 saturated heterocycles. The van der Waals surface area contributed by atoms with E-state index in [1.807, 2.05) is 20.8 Å². The van der Waals surface area contributed by atoms with Gasteiger partial charge in [-0.15, -0.1) is 0 Å². The van der Waals surface area contributed by atoms with Crippen molar-refractivity contribution in [2.75, 3.05) is 52.8 Å². The summed E-state index contributed by atoms with van der Waals surface area (Å²) in [4.78, 5) is 35.4. The van der Waals surface area contributed by atoms with Crippen LogP contribution in [0.2, 0.25) is 6.04 Å². The number of carbonyl (C=O) groups excluding carboxylic acids is 3. The topological polar surface area (TPSA) is 128 Å². The first-order valence-electron chi connectivity index (χ1n) is 11.7. The zero-order valence-corrected chi connectivity index (χ0v) is 22.6. The molecule has 1 N–H and O–H groups in total.